The van der Waals surface area contributed by atoms with E-state index in [0.717, 1.165) is 49.4 Å². The van der Waals surface area contributed by atoms with E-state index >= 15 is 0 Å². The van der Waals surface area contributed by atoms with E-state index < -0.39 is 18.2 Å². The molecule has 0 atom stereocenters. The van der Waals surface area contributed by atoms with Crippen molar-refractivity contribution in [2.45, 2.75) is 6.61 Å². The zero-order valence-corrected chi connectivity index (χ0v) is 20.7. The van der Waals surface area contributed by atoms with Crippen LogP contribution in [0.4, 0.5) is 26.0 Å². The van der Waals surface area contributed by atoms with E-state index in [4.69, 9.17) is 18.9 Å². The van der Waals surface area contributed by atoms with Gasteiger partial charge >= 0.3 is 0 Å². The predicted molar refractivity (Wildman–Crippen MR) is 132 cm³/mol. The molecule has 0 aliphatic carbocycles. The molecule has 2 heterocycles. The van der Waals surface area contributed by atoms with Gasteiger partial charge in [0, 0.05) is 44.0 Å². The zero-order chi connectivity index (χ0) is 25.7. The number of halogens is 2. The first-order valence-corrected chi connectivity index (χ1v) is 11.4. The summed E-state index contributed by atoms with van der Waals surface area (Å²) in [5.74, 6) is -0.693. The molecular formula is C25H29F2N5O4. The second kappa shape index (κ2) is 11.3. The number of hydrogen-bond acceptors (Lipinski definition) is 9. The van der Waals surface area contributed by atoms with E-state index in [2.05, 4.69) is 32.1 Å². The number of methoxy groups -OCH3 is 3. The smallest absolute Gasteiger partial charge is 0.232 e. The Balaban J connectivity index is 1.42. The van der Waals surface area contributed by atoms with Crippen molar-refractivity contribution in [3.05, 3.63) is 53.9 Å². The minimum absolute atomic E-state index is 0.101. The molecule has 0 bridgehead atoms. The Labute approximate surface area is 208 Å². The third-order valence-electron chi connectivity index (χ3n) is 5.95. The van der Waals surface area contributed by atoms with Crippen molar-refractivity contribution in [1.82, 2.24) is 14.9 Å². The molecule has 11 heteroatoms. The number of benzene rings is 2. The molecule has 1 N–H and O–H groups in total. The maximum Gasteiger partial charge on any atom is 0.232 e. The van der Waals surface area contributed by atoms with Gasteiger partial charge in [-0.15, -0.1) is 0 Å². The minimum Gasteiger partial charge on any atom is -0.495 e. The van der Waals surface area contributed by atoms with Crippen LogP contribution in [-0.2, 0) is 6.61 Å². The van der Waals surface area contributed by atoms with Crippen LogP contribution in [0.1, 0.15) is 5.56 Å². The first-order chi connectivity index (χ1) is 17.4. The summed E-state index contributed by atoms with van der Waals surface area (Å²) in [6, 6.07) is 7.01. The summed E-state index contributed by atoms with van der Waals surface area (Å²) in [5, 5.41) is 3.18. The first kappa shape index (κ1) is 25.2. The molecule has 0 spiro atoms. The number of rotatable bonds is 9. The van der Waals surface area contributed by atoms with E-state index in [1.54, 1.807) is 7.11 Å². The molecule has 4 rings (SSSR count). The average Bonchev–Trinajstić information content (AvgIpc) is 2.90. The molecule has 0 saturated carbocycles. The molecule has 1 aromatic heterocycles. The Bertz CT molecular complexity index is 1160. The van der Waals surface area contributed by atoms with Gasteiger partial charge in [0.25, 0.3) is 0 Å². The lowest BCUT2D eigenvalue weighted by Gasteiger charge is -2.34. The fourth-order valence-electron chi connectivity index (χ4n) is 3.88. The number of nitrogens with one attached hydrogen (secondary N) is 1. The number of anilines is 3. The number of piperazine rings is 1. The number of nitrogens with zero attached hydrogens (tertiary/aromatic N) is 4. The van der Waals surface area contributed by atoms with E-state index in [1.807, 2.05) is 18.2 Å². The van der Waals surface area contributed by atoms with Crippen molar-refractivity contribution < 1.29 is 27.7 Å². The number of ether oxygens (including phenoxy) is 4. The maximum atomic E-state index is 14.5. The lowest BCUT2D eigenvalue weighted by molar-refractivity contribution is 0.271. The first-order valence-electron chi connectivity index (χ1n) is 11.4. The topological polar surface area (TPSA) is 81.2 Å². The lowest BCUT2D eigenvalue weighted by atomic mass is 10.1. The Morgan fingerprint density at radius 2 is 1.53 bits per heavy atom. The summed E-state index contributed by atoms with van der Waals surface area (Å²) in [4.78, 5) is 13.1. The van der Waals surface area contributed by atoms with Gasteiger partial charge in [-0.05, 0) is 19.2 Å². The van der Waals surface area contributed by atoms with Crippen molar-refractivity contribution in [2.24, 2.45) is 0 Å². The largest absolute Gasteiger partial charge is 0.495 e. The van der Waals surface area contributed by atoms with Gasteiger partial charge in [-0.25, -0.2) is 18.7 Å². The molecular weight excluding hydrogens is 472 g/mol. The third kappa shape index (κ3) is 5.51. The summed E-state index contributed by atoms with van der Waals surface area (Å²) in [6.45, 7) is 3.44. The quantitative estimate of drug-likeness (QED) is 0.470. The highest BCUT2D eigenvalue weighted by Crippen LogP contribution is 2.33. The highest BCUT2D eigenvalue weighted by molar-refractivity contribution is 5.68. The van der Waals surface area contributed by atoms with Crippen LogP contribution in [0.3, 0.4) is 0 Å². The summed E-state index contributed by atoms with van der Waals surface area (Å²) < 4.78 is 50.0. The molecule has 0 radical (unpaired) electrons. The van der Waals surface area contributed by atoms with Crippen LogP contribution in [0.25, 0.3) is 0 Å². The average molecular weight is 502 g/mol. The zero-order valence-electron chi connectivity index (χ0n) is 20.7. The van der Waals surface area contributed by atoms with Gasteiger partial charge in [-0.3, -0.25) is 0 Å². The normalized spacial score (nSPS) is 13.9. The molecule has 0 unspecified atom stereocenters. The molecule has 36 heavy (non-hydrogen) atoms. The Kier molecular flexibility index (Phi) is 7.89. The van der Waals surface area contributed by atoms with Gasteiger partial charge in [-0.2, -0.15) is 0 Å². The fraction of sp³-hybridized carbons (Fsp3) is 0.360. The van der Waals surface area contributed by atoms with Gasteiger partial charge < -0.3 is 34.1 Å². The monoisotopic (exact) mass is 501 g/mol. The van der Waals surface area contributed by atoms with Gasteiger partial charge in [0.05, 0.1) is 45.0 Å². The predicted octanol–water partition coefficient (Wildman–Crippen LogP) is 3.86. The molecule has 1 saturated heterocycles. The van der Waals surface area contributed by atoms with Crippen molar-refractivity contribution in [3.63, 3.8) is 0 Å². The van der Waals surface area contributed by atoms with Crippen molar-refractivity contribution in [2.75, 3.05) is 64.8 Å². The van der Waals surface area contributed by atoms with E-state index in [9.17, 15) is 8.78 Å². The van der Waals surface area contributed by atoms with E-state index in [0.29, 0.717) is 5.82 Å². The van der Waals surface area contributed by atoms with Gasteiger partial charge in [0.2, 0.25) is 5.88 Å². The van der Waals surface area contributed by atoms with Crippen LogP contribution in [0.15, 0.2) is 36.7 Å². The second-order valence-corrected chi connectivity index (χ2v) is 8.22. The van der Waals surface area contributed by atoms with Crippen molar-refractivity contribution in [3.8, 4) is 23.1 Å². The van der Waals surface area contributed by atoms with E-state index in [1.165, 1.54) is 26.6 Å². The van der Waals surface area contributed by atoms with Gasteiger partial charge in [0.15, 0.2) is 23.1 Å². The molecule has 1 fully saturated rings. The molecule has 3 aromatic rings. The molecule has 192 valence electrons. The van der Waals surface area contributed by atoms with Gasteiger partial charge in [0.1, 0.15) is 18.2 Å². The third-order valence-corrected chi connectivity index (χ3v) is 5.95. The number of aromatic nitrogens is 2. The van der Waals surface area contributed by atoms with Crippen LogP contribution < -0.4 is 29.2 Å². The lowest BCUT2D eigenvalue weighted by Crippen LogP contribution is -2.44. The second-order valence-electron chi connectivity index (χ2n) is 8.22. The highest BCUT2D eigenvalue weighted by Gasteiger charge is 2.21. The van der Waals surface area contributed by atoms with Crippen molar-refractivity contribution in [1.29, 1.82) is 0 Å². The van der Waals surface area contributed by atoms with Crippen LogP contribution in [-0.4, -0.2) is 69.4 Å². The van der Waals surface area contributed by atoms with Gasteiger partial charge in [-0.1, -0.05) is 0 Å². The molecule has 9 nitrogen and oxygen atoms in total. The molecule has 0 amide bonds. The van der Waals surface area contributed by atoms with E-state index in [-0.39, 0.29) is 22.9 Å². The Morgan fingerprint density at radius 1 is 0.861 bits per heavy atom. The Hall–Kier alpha value is -3.86. The number of likely N-dealkylation sites (N-methyl/N-ethyl adjacent to an activating group) is 1. The van der Waals surface area contributed by atoms with Crippen LogP contribution in [0, 0.1) is 11.6 Å². The summed E-state index contributed by atoms with van der Waals surface area (Å²) in [7, 11) is 6.33. The fourth-order valence-corrected chi connectivity index (χ4v) is 3.88. The highest BCUT2D eigenvalue weighted by atomic mass is 19.1. The van der Waals surface area contributed by atoms with Crippen LogP contribution in [0.2, 0.25) is 0 Å². The standard InChI is InChI=1S/C25H29F2N5O4/c1-31-7-9-32(10-8-31)18-6-5-16(11-19(18)33-2)30-22-13-29-23(14-28-22)36-15-17-24(26)20(34-3)12-21(35-4)25(17)27/h5-6,11-14H,7-10,15H2,1-4H3,(H,28,30). The SMILES string of the molecule is COc1cc(Nc2cnc(OCc3c(F)c(OC)cc(OC)c3F)cn2)ccc1N1CCN(C)CC1. The maximum absolute atomic E-state index is 14.5. The Morgan fingerprint density at radius 3 is 2.11 bits per heavy atom. The molecule has 1 aliphatic heterocycles. The summed E-state index contributed by atoms with van der Waals surface area (Å²) in [5.41, 5.74) is 1.49. The van der Waals surface area contributed by atoms with Crippen LogP contribution in [0.5, 0.6) is 23.1 Å². The molecule has 2 aromatic carbocycles. The summed E-state index contributed by atoms with van der Waals surface area (Å²) >= 11 is 0. The summed E-state index contributed by atoms with van der Waals surface area (Å²) in [6.07, 6.45) is 2.83. The van der Waals surface area contributed by atoms with Crippen LogP contribution >= 0.6 is 0 Å². The number of hydrogen-bond donors (Lipinski definition) is 1. The minimum atomic E-state index is -0.865. The molecule has 1 aliphatic rings. The van der Waals surface area contributed by atoms with Crippen molar-refractivity contribution >= 4 is 17.2 Å².